The molecule has 2 heteroatoms. The van der Waals surface area contributed by atoms with Gasteiger partial charge in [0, 0.05) is 19.6 Å². The molecule has 0 saturated carbocycles. The highest BCUT2D eigenvalue weighted by molar-refractivity contribution is 5.42. The second-order valence-corrected chi connectivity index (χ2v) is 5.49. The average molecular weight is 253 g/mol. The third-order valence-corrected chi connectivity index (χ3v) is 3.86. The molecule has 0 spiro atoms. The van der Waals surface area contributed by atoms with Gasteiger partial charge in [0.15, 0.2) is 0 Å². The molecular formula is C17H19NO. The molecule has 0 bridgehead atoms. The second-order valence-electron chi connectivity index (χ2n) is 5.49. The summed E-state index contributed by atoms with van der Waals surface area (Å²) < 4.78 is 0. The van der Waals surface area contributed by atoms with Crippen LogP contribution in [0.3, 0.4) is 0 Å². The van der Waals surface area contributed by atoms with Gasteiger partial charge in [-0.3, -0.25) is 4.90 Å². The molecule has 2 aromatic carbocycles. The van der Waals surface area contributed by atoms with E-state index in [1.54, 1.807) is 0 Å². The fourth-order valence-corrected chi connectivity index (χ4v) is 2.91. The van der Waals surface area contributed by atoms with Gasteiger partial charge in [-0.25, -0.2) is 0 Å². The fourth-order valence-electron chi connectivity index (χ4n) is 2.91. The van der Waals surface area contributed by atoms with Crippen molar-refractivity contribution in [2.45, 2.75) is 33.5 Å². The van der Waals surface area contributed by atoms with Crippen LogP contribution in [0, 0.1) is 13.8 Å². The summed E-state index contributed by atoms with van der Waals surface area (Å²) in [6.45, 7) is 6.91. The first kappa shape index (κ1) is 12.2. The quantitative estimate of drug-likeness (QED) is 0.885. The molecule has 1 aliphatic rings. The van der Waals surface area contributed by atoms with E-state index in [4.69, 9.17) is 0 Å². The Morgan fingerprint density at radius 2 is 1.53 bits per heavy atom. The lowest BCUT2D eigenvalue weighted by Gasteiger charge is -2.16. The van der Waals surface area contributed by atoms with Gasteiger partial charge < -0.3 is 5.11 Å². The van der Waals surface area contributed by atoms with Crippen LogP contribution in [-0.2, 0) is 19.6 Å². The molecule has 19 heavy (non-hydrogen) atoms. The molecule has 98 valence electrons. The zero-order valence-corrected chi connectivity index (χ0v) is 11.5. The number of phenolic OH excluding ortho intramolecular Hbond substituents is 1. The Hall–Kier alpha value is -1.80. The van der Waals surface area contributed by atoms with Gasteiger partial charge in [-0.1, -0.05) is 36.4 Å². The highest BCUT2D eigenvalue weighted by atomic mass is 16.3. The predicted molar refractivity (Wildman–Crippen MR) is 77.0 cm³/mol. The zero-order chi connectivity index (χ0) is 13.4. The summed E-state index contributed by atoms with van der Waals surface area (Å²) >= 11 is 0. The van der Waals surface area contributed by atoms with E-state index in [0.29, 0.717) is 5.75 Å². The van der Waals surface area contributed by atoms with Crippen LogP contribution in [0.1, 0.15) is 27.8 Å². The second kappa shape index (κ2) is 4.71. The Labute approximate surface area is 114 Å². The monoisotopic (exact) mass is 253 g/mol. The molecule has 0 aromatic heterocycles. The summed E-state index contributed by atoms with van der Waals surface area (Å²) in [6.07, 6.45) is 0. The summed E-state index contributed by atoms with van der Waals surface area (Å²) in [5.41, 5.74) is 6.09. The molecular weight excluding hydrogens is 234 g/mol. The van der Waals surface area contributed by atoms with Crippen LogP contribution in [-0.4, -0.2) is 10.0 Å². The molecule has 1 aliphatic heterocycles. The van der Waals surface area contributed by atoms with E-state index in [1.165, 1.54) is 16.7 Å². The maximum absolute atomic E-state index is 9.82. The van der Waals surface area contributed by atoms with Crippen LogP contribution in [0.15, 0.2) is 36.4 Å². The van der Waals surface area contributed by atoms with Crippen molar-refractivity contribution in [1.82, 2.24) is 4.90 Å². The zero-order valence-electron chi connectivity index (χ0n) is 11.5. The molecule has 0 amide bonds. The van der Waals surface area contributed by atoms with Gasteiger partial charge >= 0.3 is 0 Å². The number of benzene rings is 2. The Morgan fingerprint density at radius 1 is 1.00 bits per heavy atom. The molecule has 1 N–H and O–H groups in total. The standard InChI is InChI=1S/C17H19NO/c1-12-7-14(8-13(2)17(12)19)9-18-10-15-5-3-4-6-16(15)11-18/h3-8,19H,9-11H2,1-2H3. The molecule has 0 fully saturated rings. The summed E-state index contributed by atoms with van der Waals surface area (Å²) in [6, 6.07) is 12.8. The van der Waals surface area contributed by atoms with Crippen molar-refractivity contribution in [3.05, 3.63) is 64.2 Å². The number of nitrogens with zero attached hydrogens (tertiary/aromatic N) is 1. The maximum atomic E-state index is 9.82. The van der Waals surface area contributed by atoms with Gasteiger partial charge in [0.1, 0.15) is 5.75 Å². The number of hydrogen-bond donors (Lipinski definition) is 1. The molecule has 1 heterocycles. The third-order valence-electron chi connectivity index (χ3n) is 3.86. The summed E-state index contributed by atoms with van der Waals surface area (Å²) in [7, 11) is 0. The van der Waals surface area contributed by atoms with Gasteiger partial charge in [-0.15, -0.1) is 0 Å². The fraction of sp³-hybridized carbons (Fsp3) is 0.294. The normalized spacial score (nSPS) is 14.6. The number of hydrogen-bond acceptors (Lipinski definition) is 2. The smallest absolute Gasteiger partial charge is 0.121 e. The maximum Gasteiger partial charge on any atom is 0.121 e. The topological polar surface area (TPSA) is 23.5 Å². The summed E-state index contributed by atoms with van der Waals surface area (Å²) in [5, 5.41) is 9.82. The first-order valence-electron chi connectivity index (χ1n) is 6.72. The number of rotatable bonds is 2. The van der Waals surface area contributed by atoms with Crippen molar-refractivity contribution >= 4 is 0 Å². The minimum atomic E-state index is 0.424. The van der Waals surface area contributed by atoms with Gasteiger partial charge in [-0.2, -0.15) is 0 Å². The largest absolute Gasteiger partial charge is 0.507 e. The van der Waals surface area contributed by atoms with E-state index in [9.17, 15) is 5.11 Å². The van der Waals surface area contributed by atoms with Crippen LogP contribution < -0.4 is 0 Å². The van der Waals surface area contributed by atoms with Gasteiger partial charge in [0.25, 0.3) is 0 Å². The van der Waals surface area contributed by atoms with Crippen LogP contribution in [0.25, 0.3) is 0 Å². The minimum absolute atomic E-state index is 0.424. The SMILES string of the molecule is Cc1cc(CN2Cc3ccccc3C2)cc(C)c1O. The minimum Gasteiger partial charge on any atom is -0.507 e. The molecule has 0 aliphatic carbocycles. The molecule has 2 aromatic rings. The number of phenols is 1. The molecule has 2 nitrogen and oxygen atoms in total. The number of aromatic hydroxyl groups is 1. The molecule has 0 unspecified atom stereocenters. The van der Waals surface area contributed by atoms with Crippen LogP contribution in [0.4, 0.5) is 0 Å². The third kappa shape index (κ3) is 2.36. The van der Waals surface area contributed by atoms with E-state index in [2.05, 4.69) is 41.3 Å². The Morgan fingerprint density at radius 3 is 2.05 bits per heavy atom. The number of fused-ring (bicyclic) bond motifs is 1. The lowest BCUT2D eigenvalue weighted by atomic mass is 10.1. The lowest BCUT2D eigenvalue weighted by Crippen LogP contribution is -2.15. The van der Waals surface area contributed by atoms with Gasteiger partial charge in [-0.05, 0) is 41.7 Å². The van der Waals surface area contributed by atoms with Gasteiger partial charge in [0.2, 0.25) is 0 Å². The molecule has 3 rings (SSSR count). The van der Waals surface area contributed by atoms with Crippen LogP contribution in [0.5, 0.6) is 5.75 Å². The Bertz CT molecular complexity index is 570. The van der Waals surface area contributed by atoms with Crippen LogP contribution in [0.2, 0.25) is 0 Å². The lowest BCUT2D eigenvalue weighted by molar-refractivity contribution is 0.275. The van der Waals surface area contributed by atoms with Crippen molar-refractivity contribution in [1.29, 1.82) is 0 Å². The first-order chi connectivity index (χ1) is 9.13. The predicted octanol–water partition coefficient (Wildman–Crippen LogP) is 3.52. The van der Waals surface area contributed by atoms with Crippen molar-refractivity contribution < 1.29 is 5.11 Å². The van der Waals surface area contributed by atoms with E-state index >= 15 is 0 Å². The molecule has 0 saturated heterocycles. The van der Waals surface area contributed by atoms with Gasteiger partial charge in [0.05, 0.1) is 0 Å². The first-order valence-corrected chi connectivity index (χ1v) is 6.72. The van der Waals surface area contributed by atoms with E-state index < -0.39 is 0 Å². The highest BCUT2D eigenvalue weighted by Crippen LogP contribution is 2.27. The van der Waals surface area contributed by atoms with Crippen molar-refractivity contribution in [3.8, 4) is 5.75 Å². The number of aryl methyl sites for hydroxylation is 2. The summed E-state index contributed by atoms with van der Waals surface area (Å²) in [5.74, 6) is 0.424. The average Bonchev–Trinajstić information content (AvgIpc) is 2.78. The Balaban J connectivity index is 1.78. The van der Waals surface area contributed by atoms with E-state index in [1.807, 2.05) is 13.8 Å². The van der Waals surface area contributed by atoms with Crippen molar-refractivity contribution in [3.63, 3.8) is 0 Å². The highest BCUT2D eigenvalue weighted by Gasteiger charge is 2.18. The molecule has 0 radical (unpaired) electrons. The molecule has 0 atom stereocenters. The summed E-state index contributed by atoms with van der Waals surface area (Å²) in [4.78, 5) is 2.44. The van der Waals surface area contributed by atoms with Crippen molar-refractivity contribution in [2.24, 2.45) is 0 Å². The van der Waals surface area contributed by atoms with E-state index in [0.717, 1.165) is 30.8 Å². The van der Waals surface area contributed by atoms with Crippen molar-refractivity contribution in [2.75, 3.05) is 0 Å². The van der Waals surface area contributed by atoms with E-state index in [-0.39, 0.29) is 0 Å². The Kier molecular flexibility index (Phi) is 3.03. The van der Waals surface area contributed by atoms with Crippen LogP contribution >= 0.6 is 0 Å².